The van der Waals surface area contributed by atoms with Crippen molar-refractivity contribution in [2.45, 2.75) is 6.54 Å². The topological polar surface area (TPSA) is 76.1 Å². The smallest absolute Gasteiger partial charge is 0.338 e. The van der Waals surface area contributed by atoms with Crippen LogP contribution in [-0.2, 0) is 11.3 Å². The lowest BCUT2D eigenvalue weighted by atomic mass is 10.0. The fraction of sp³-hybridized carbons (Fsp3) is 0.200. The molecule has 4 nitrogen and oxygen atoms in total. The summed E-state index contributed by atoms with van der Waals surface area (Å²) in [6.45, 7) is 0.187. The van der Waals surface area contributed by atoms with Crippen LogP contribution in [-0.4, -0.2) is 13.1 Å². The summed E-state index contributed by atoms with van der Waals surface area (Å²) in [6.07, 6.45) is 0. The Bertz CT molecular complexity index is 438. The minimum Gasteiger partial charge on any atom is -0.465 e. The Morgan fingerprint density at radius 2 is 2.33 bits per heavy atom. The van der Waals surface area contributed by atoms with Gasteiger partial charge in [0.25, 0.3) is 0 Å². The number of methoxy groups -OCH3 is 1. The zero-order valence-corrected chi connectivity index (χ0v) is 9.67. The second kappa shape index (κ2) is 4.91. The minimum atomic E-state index is -0.458. The van der Waals surface area contributed by atoms with E-state index in [-0.39, 0.29) is 6.54 Å². The molecule has 0 aliphatic rings. The molecule has 78 valence electrons. The van der Waals surface area contributed by atoms with Crippen molar-refractivity contribution in [2.24, 2.45) is 5.73 Å². The van der Waals surface area contributed by atoms with E-state index in [0.29, 0.717) is 21.2 Å². The van der Waals surface area contributed by atoms with Gasteiger partial charge in [0.05, 0.1) is 18.2 Å². The summed E-state index contributed by atoms with van der Waals surface area (Å²) < 4.78 is 5.17. The largest absolute Gasteiger partial charge is 0.465 e. The molecule has 5 heteroatoms. The van der Waals surface area contributed by atoms with Crippen LogP contribution in [0.25, 0.3) is 0 Å². The maximum atomic E-state index is 11.4. The van der Waals surface area contributed by atoms with Gasteiger partial charge in [-0.2, -0.15) is 5.26 Å². The number of carbonyl (C=O) groups excluding carboxylic acids is 1. The summed E-state index contributed by atoms with van der Waals surface area (Å²) in [5.74, 6) is -0.458. The molecule has 1 aromatic rings. The Morgan fingerprint density at radius 1 is 1.67 bits per heavy atom. The zero-order valence-electron chi connectivity index (χ0n) is 8.08. The quantitative estimate of drug-likeness (QED) is 0.827. The molecule has 0 heterocycles. The average Bonchev–Trinajstić information content (AvgIpc) is 2.27. The highest BCUT2D eigenvalue weighted by atomic mass is 79.9. The van der Waals surface area contributed by atoms with Crippen LogP contribution in [0.4, 0.5) is 0 Å². The van der Waals surface area contributed by atoms with Crippen LogP contribution in [0.2, 0.25) is 0 Å². The van der Waals surface area contributed by atoms with Crippen LogP contribution in [0, 0.1) is 11.3 Å². The maximum Gasteiger partial charge on any atom is 0.338 e. The third-order valence-electron chi connectivity index (χ3n) is 1.94. The van der Waals surface area contributed by atoms with Gasteiger partial charge < -0.3 is 10.5 Å². The number of nitriles is 1. The Hall–Kier alpha value is -1.38. The van der Waals surface area contributed by atoms with E-state index >= 15 is 0 Å². The van der Waals surface area contributed by atoms with Gasteiger partial charge >= 0.3 is 5.97 Å². The van der Waals surface area contributed by atoms with Crippen molar-refractivity contribution in [1.82, 2.24) is 0 Å². The molecule has 0 spiro atoms. The fourth-order valence-corrected chi connectivity index (χ4v) is 1.60. The lowest BCUT2D eigenvalue weighted by Gasteiger charge is -2.07. The van der Waals surface area contributed by atoms with Gasteiger partial charge in [-0.05, 0) is 33.6 Å². The fourth-order valence-electron chi connectivity index (χ4n) is 1.17. The van der Waals surface area contributed by atoms with Gasteiger partial charge in [0, 0.05) is 11.0 Å². The zero-order chi connectivity index (χ0) is 11.4. The standard InChI is InChI=1S/C10H9BrN2O2/c1-15-10(14)8-3-9(11)7(5-13)2-6(8)4-12/h2-3H,4,12H2,1H3. The van der Waals surface area contributed by atoms with Crippen molar-refractivity contribution in [3.8, 4) is 6.07 Å². The molecule has 0 bridgehead atoms. The van der Waals surface area contributed by atoms with E-state index in [2.05, 4.69) is 20.7 Å². The number of ether oxygens (including phenoxy) is 1. The number of hydrogen-bond acceptors (Lipinski definition) is 4. The lowest BCUT2D eigenvalue weighted by molar-refractivity contribution is 0.0599. The molecule has 1 aromatic carbocycles. The SMILES string of the molecule is COC(=O)c1cc(Br)c(C#N)cc1CN. The third kappa shape index (κ3) is 2.35. The lowest BCUT2D eigenvalue weighted by Crippen LogP contribution is -2.09. The predicted molar refractivity (Wildman–Crippen MR) is 58.1 cm³/mol. The number of esters is 1. The molecule has 0 aliphatic heterocycles. The van der Waals surface area contributed by atoms with E-state index in [0.717, 1.165) is 0 Å². The van der Waals surface area contributed by atoms with Gasteiger partial charge in [-0.1, -0.05) is 0 Å². The van der Waals surface area contributed by atoms with Crippen molar-refractivity contribution in [3.63, 3.8) is 0 Å². The van der Waals surface area contributed by atoms with E-state index in [4.69, 9.17) is 11.0 Å². The summed E-state index contributed by atoms with van der Waals surface area (Å²) in [4.78, 5) is 11.4. The molecule has 0 radical (unpaired) electrons. The molecular formula is C10H9BrN2O2. The van der Waals surface area contributed by atoms with Gasteiger partial charge in [-0.25, -0.2) is 4.79 Å². The second-order valence-electron chi connectivity index (χ2n) is 2.80. The van der Waals surface area contributed by atoms with Crippen LogP contribution < -0.4 is 5.73 Å². The second-order valence-corrected chi connectivity index (χ2v) is 3.65. The van der Waals surface area contributed by atoms with E-state index in [1.807, 2.05) is 6.07 Å². The molecule has 2 N–H and O–H groups in total. The molecular weight excluding hydrogens is 260 g/mol. The van der Waals surface area contributed by atoms with Crippen molar-refractivity contribution in [3.05, 3.63) is 33.3 Å². The number of halogens is 1. The van der Waals surface area contributed by atoms with Gasteiger partial charge in [0.2, 0.25) is 0 Å². The number of hydrogen-bond donors (Lipinski definition) is 1. The van der Waals surface area contributed by atoms with Crippen LogP contribution in [0.15, 0.2) is 16.6 Å². The van der Waals surface area contributed by atoms with Crippen LogP contribution in [0.5, 0.6) is 0 Å². The monoisotopic (exact) mass is 268 g/mol. The molecule has 0 amide bonds. The van der Waals surface area contributed by atoms with Crippen molar-refractivity contribution < 1.29 is 9.53 Å². The highest BCUT2D eigenvalue weighted by Crippen LogP contribution is 2.22. The van der Waals surface area contributed by atoms with Gasteiger partial charge in [0.1, 0.15) is 6.07 Å². The normalized spacial score (nSPS) is 9.47. The van der Waals surface area contributed by atoms with Crippen LogP contribution in [0.3, 0.4) is 0 Å². The average molecular weight is 269 g/mol. The van der Waals surface area contributed by atoms with E-state index in [1.54, 1.807) is 12.1 Å². The molecule has 1 rings (SSSR count). The van der Waals surface area contributed by atoms with Gasteiger partial charge in [-0.3, -0.25) is 0 Å². The number of nitrogens with zero attached hydrogens (tertiary/aromatic N) is 1. The van der Waals surface area contributed by atoms with Gasteiger partial charge in [0.15, 0.2) is 0 Å². The highest BCUT2D eigenvalue weighted by molar-refractivity contribution is 9.10. The summed E-state index contributed by atoms with van der Waals surface area (Å²) >= 11 is 3.20. The summed E-state index contributed by atoms with van der Waals surface area (Å²) in [5, 5.41) is 8.79. The number of carbonyl (C=O) groups is 1. The Labute approximate surface area is 95.8 Å². The Balaban J connectivity index is 3.35. The van der Waals surface area contributed by atoms with E-state index < -0.39 is 5.97 Å². The predicted octanol–water partition coefficient (Wildman–Crippen LogP) is 1.57. The molecule has 0 saturated heterocycles. The number of rotatable bonds is 2. The Morgan fingerprint density at radius 3 is 2.80 bits per heavy atom. The van der Waals surface area contributed by atoms with Gasteiger partial charge in [-0.15, -0.1) is 0 Å². The van der Waals surface area contributed by atoms with E-state index in [9.17, 15) is 4.79 Å². The Kier molecular flexibility index (Phi) is 3.83. The summed E-state index contributed by atoms with van der Waals surface area (Å²) in [7, 11) is 1.30. The first kappa shape index (κ1) is 11.7. The van der Waals surface area contributed by atoms with Crippen molar-refractivity contribution in [2.75, 3.05) is 7.11 Å². The van der Waals surface area contributed by atoms with Crippen molar-refractivity contribution in [1.29, 1.82) is 5.26 Å². The molecule has 0 saturated carbocycles. The number of benzene rings is 1. The van der Waals surface area contributed by atoms with Crippen molar-refractivity contribution >= 4 is 21.9 Å². The molecule has 15 heavy (non-hydrogen) atoms. The molecule has 0 atom stereocenters. The third-order valence-corrected chi connectivity index (χ3v) is 2.59. The summed E-state index contributed by atoms with van der Waals surface area (Å²) in [5.41, 5.74) is 6.91. The molecule has 0 aromatic heterocycles. The maximum absolute atomic E-state index is 11.4. The van der Waals surface area contributed by atoms with Crippen LogP contribution in [0.1, 0.15) is 21.5 Å². The van der Waals surface area contributed by atoms with Crippen LogP contribution >= 0.6 is 15.9 Å². The molecule has 0 fully saturated rings. The number of nitrogens with two attached hydrogens (primary N) is 1. The molecule has 0 unspecified atom stereocenters. The highest BCUT2D eigenvalue weighted by Gasteiger charge is 2.14. The first-order chi connectivity index (χ1) is 7.13. The van der Waals surface area contributed by atoms with E-state index in [1.165, 1.54) is 7.11 Å². The summed E-state index contributed by atoms with van der Waals surface area (Å²) in [6, 6.07) is 5.13. The minimum absolute atomic E-state index is 0.187. The first-order valence-corrected chi connectivity index (χ1v) is 4.94. The first-order valence-electron chi connectivity index (χ1n) is 4.15. The molecule has 0 aliphatic carbocycles.